The number of nitrogens with zero attached hydrogens (tertiary/aromatic N) is 2. The van der Waals surface area contributed by atoms with Crippen LogP contribution in [0.2, 0.25) is 0 Å². The van der Waals surface area contributed by atoms with Gasteiger partial charge in [-0.15, -0.1) is 0 Å². The monoisotopic (exact) mass is 364 g/mol. The molecule has 2 aromatic carbocycles. The van der Waals surface area contributed by atoms with Gasteiger partial charge in [0, 0.05) is 0 Å². The molecule has 0 spiro atoms. The molecule has 1 aromatic heterocycles. The Balaban J connectivity index is 0.00000144. The SMILES string of the molecule is O=S(=O)(O)c1ccc2nc3c(S(=O)(=O)O)cccc3nc2c1.[H-].[Na+]. The normalized spacial score (nSPS) is 12.3. The van der Waals surface area contributed by atoms with Crippen molar-refractivity contribution in [2.24, 2.45) is 0 Å². The molecule has 3 aromatic rings. The van der Waals surface area contributed by atoms with Crippen molar-refractivity contribution >= 4 is 42.3 Å². The van der Waals surface area contributed by atoms with Crippen molar-refractivity contribution in [1.29, 1.82) is 0 Å². The van der Waals surface area contributed by atoms with Crippen molar-refractivity contribution in [3.05, 3.63) is 36.4 Å². The van der Waals surface area contributed by atoms with Crippen LogP contribution >= 0.6 is 0 Å². The second-order valence-corrected chi connectivity index (χ2v) is 7.26. The van der Waals surface area contributed by atoms with Crippen molar-refractivity contribution in [1.82, 2.24) is 9.97 Å². The van der Waals surface area contributed by atoms with E-state index in [2.05, 4.69) is 9.97 Å². The van der Waals surface area contributed by atoms with Gasteiger partial charge in [-0.2, -0.15) is 16.8 Å². The zero-order valence-corrected chi connectivity index (χ0v) is 15.3. The zero-order chi connectivity index (χ0) is 16.1. The second kappa shape index (κ2) is 6.06. The van der Waals surface area contributed by atoms with Gasteiger partial charge in [-0.25, -0.2) is 9.97 Å². The first kappa shape index (κ1) is 18.2. The van der Waals surface area contributed by atoms with Crippen LogP contribution in [-0.2, 0) is 20.2 Å². The quantitative estimate of drug-likeness (QED) is 0.315. The average molecular weight is 364 g/mol. The minimum absolute atomic E-state index is 0. The third-order valence-corrected chi connectivity index (χ3v) is 4.71. The molecule has 0 saturated heterocycles. The van der Waals surface area contributed by atoms with Crippen LogP contribution in [0.5, 0.6) is 0 Å². The fourth-order valence-electron chi connectivity index (χ4n) is 2.02. The maximum atomic E-state index is 11.3. The summed E-state index contributed by atoms with van der Waals surface area (Å²) in [6.45, 7) is 0. The van der Waals surface area contributed by atoms with Crippen LogP contribution in [0.3, 0.4) is 0 Å². The molecule has 1 heterocycles. The molecule has 2 N–H and O–H groups in total. The van der Waals surface area contributed by atoms with E-state index in [1.54, 1.807) is 0 Å². The number of hydrogen-bond acceptors (Lipinski definition) is 6. The first-order valence-electron chi connectivity index (χ1n) is 5.82. The van der Waals surface area contributed by atoms with E-state index in [1.807, 2.05) is 0 Å². The maximum Gasteiger partial charge on any atom is 1.00 e. The van der Waals surface area contributed by atoms with Crippen LogP contribution in [0.4, 0.5) is 0 Å². The molecule has 3 rings (SSSR count). The Labute approximate surface area is 154 Å². The van der Waals surface area contributed by atoms with Gasteiger partial charge in [0.25, 0.3) is 20.2 Å². The Morgan fingerprint density at radius 1 is 0.826 bits per heavy atom. The summed E-state index contributed by atoms with van der Waals surface area (Å²) < 4.78 is 63.2. The molecule has 0 aliphatic heterocycles. The van der Waals surface area contributed by atoms with Crippen molar-refractivity contribution in [2.45, 2.75) is 9.79 Å². The molecular formula is C12H9N2NaO6S2. The summed E-state index contributed by atoms with van der Waals surface area (Å²) in [6, 6.07) is 7.55. The predicted molar refractivity (Wildman–Crippen MR) is 77.8 cm³/mol. The maximum absolute atomic E-state index is 11.3. The summed E-state index contributed by atoms with van der Waals surface area (Å²) in [5.41, 5.74) is 0.512. The van der Waals surface area contributed by atoms with Crippen LogP contribution in [-0.4, -0.2) is 35.9 Å². The predicted octanol–water partition coefficient (Wildman–Crippen LogP) is -1.61. The number of rotatable bonds is 2. The summed E-state index contributed by atoms with van der Waals surface area (Å²) in [5.74, 6) is 0. The van der Waals surface area contributed by atoms with Gasteiger partial charge in [-0.05, 0) is 30.3 Å². The molecule has 0 unspecified atom stereocenters. The zero-order valence-electron chi connectivity index (χ0n) is 12.7. The van der Waals surface area contributed by atoms with E-state index in [-0.39, 0.29) is 57.9 Å². The Kier molecular flexibility index (Phi) is 4.79. The van der Waals surface area contributed by atoms with Crippen LogP contribution in [0.1, 0.15) is 1.43 Å². The number of para-hydroxylation sites is 1. The number of benzene rings is 2. The fraction of sp³-hybridized carbons (Fsp3) is 0. The summed E-state index contributed by atoms with van der Waals surface area (Å²) in [5, 5.41) is 0. The largest absolute Gasteiger partial charge is 1.00 e. The summed E-state index contributed by atoms with van der Waals surface area (Å²) in [4.78, 5) is 7.46. The van der Waals surface area contributed by atoms with Gasteiger partial charge in [-0.1, -0.05) is 6.07 Å². The molecule has 0 radical (unpaired) electrons. The summed E-state index contributed by atoms with van der Waals surface area (Å²) in [7, 11) is -8.85. The van der Waals surface area contributed by atoms with Gasteiger partial charge in [0.2, 0.25) is 0 Å². The van der Waals surface area contributed by atoms with Crippen LogP contribution in [0, 0.1) is 0 Å². The Morgan fingerprint density at radius 3 is 2.13 bits per heavy atom. The van der Waals surface area contributed by atoms with Crippen LogP contribution in [0.25, 0.3) is 22.1 Å². The van der Waals surface area contributed by atoms with E-state index in [1.165, 1.54) is 24.3 Å². The van der Waals surface area contributed by atoms with Gasteiger partial charge in [0.1, 0.15) is 10.4 Å². The Morgan fingerprint density at radius 2 is 1.52 bits per heavy atom. The molecule has 11 heteroatoms. The molecule has 0 aliphatic rings. The van der Waals surface area contributed by atoms with Gasteiger partial charge in [-0.3, -0.25) is 9.11 Å². The minimum Gasteiger partial charge on any atom is -1.00 e. The number of fused-ring (bicyclic) bond motifs is 2. The molecular weight excluding hydrogens is 355 g/mol. The van der Waals surface area contributed by atoms with E-state index in [9.17, 15) is 21.4 Å². The molecule has 8 nitrogen and oxygen atoms in total. The molecule has 0 amide bonds. The van der Waals surface area contributed by atoms with Crippen molar-refractivity contribution in [2.75, 3.05) is 0 Å². The first-order valence-corrected chi connectivity index (χ1v) is 8.70. The Hall–Kier alpha value is -1.14. The van der Waals surface area contributed by atoms with E-state index < -0.39 is 25.1 Å². The minimum atomic E-state index is -4.47. The number of hydrogen-bond donors (Lipinski definition) is 2. The van der Waals surface area contributed by atoms with Gasteiger partial charge in [0.15, 0.2) is 0 Å². The second-order valence-electron chi connectivity index (χ2n) is 4.45. The third-order valence-electron chi connectivity index (χ3n) is 2.97. The molecule has 0 atom stereocenters. The van der Waals surface area contributed by atoms with Gasteiger partial charge < -0.3 is 1.43 Å². The smallest absolute Gasteiger partial charge is 1.00 e. The summed E-state index contributed by atoms with van der Waals surface area (Å²) >= 11 is 0. The standard InChI is InChI=1S/C12H8N2O6S2.Na.H/c15-21(16,17)7-4-5-8-10(6-7)13-9-2-1-3-11(12(9)14-8)22(18,19)20;;/h1-6H,(H,15,16,17)(H,18,19,20);;/q;+1;-1. The summed E-state index contributed by atoms with van der Waals surface area (Å²) in [6.07, 6.45) is 0. The van der Waals surface area contributed by atoms with Crippen molar-refractivity contribution < 1.29 is 56.9 Å². The average Bonchev–Trinajstić information content (AvgIpc) is 2.41. The molecule has 0 aliphatic carbocycles. The van der Waals surface area contributed by atoms with Gasteiger partial charge >= 0.3 is 29.6 Å². The van der Waals surface area contributed by atoms with Gasteiger partial charge in [0.05, 0.1) is 21.4 Å². The first-order chi connectivity index (χ1) is 10.2. The topological polar surface area (TPSA) is 135 Å². The van der Waals surface area contributed by atoms with Crippen molar-refractivity contribution in [3.8, 4) is 0 Å². The number of aromatic nitrogens is 2. The molecule has 0 fully saturated rings. The molecule has 0 saturated carbocycles. The van der Waals surface area contributed by atoms with E-state index in [4.69, 9.17) is 4.55 Å². The Bertz CT molecular complexity index is 1130. The molecule has 23 heavy (non-hydrogen) atoms. The third kappa shape index (κ3) is 3.53. The molecule has 0 bridgehead atoms. The van der Waals surface area contributed by atoms with E-state index in [0.717, 1.165) is 12.1 Å². The van der Waals surface area contributed by atoms with Crippen LogP contribution < -0.4 is 29.6 Å². The van der Waals surface area contributed by atoms with E-state index in [0.29, 0.717) is 0 Å². The van der Waals surface area contributed by atoms with E-state index >= 15 is 0 Å². The van der Waals surface area contributed by atoms with Crippen LogP contribution in [0.15, 0.2) is 46.2 Å². The molecule has 116 valence electrons. The van der Waals surface area contributed by atoms with Crippen molar-refractivity contribution in [3.63, 3.8) is 0 Å². The fourth-order valence-corrected chi connectivity index (χ4v) is 3.17.